The molecule has 1 amide bonds. The summed E-state index contributed by atoms with van der Waals surface area (Å²) in [6.45, 7) is 0. The minimum absolute atomic E-state index is 0.100. The fraction of sp³-hybridized carbons (Fsp3) is 0.250. The van der Waals surface area contributed by atoms with Crippen LogP contribution in [0.2, 0.25) is 0 Å². The number of nitriles is 1. The molecule has 0 radical (unpaired) electrons. The number of fused-ring (bicyclic) bond motifs is 1. The van der Waals surface area contributed by atoms with Gasteiger partial charge in [-0.2, -0.15) is 5.26 Å². The fourth-order valence-electron chi connectivity index (χ4n) is 2.61. The monoisotopic (exact) mass is 282 g/mol. The lowest BCUT2D eigenvalue weighted by Crippen LogP contribution is -2.30. The summed E-state index contributed by atoms with van der Waals surface area (Å²) in [5.41, 5.74) is 2.31. The summed E-state index contributed by atoms with van der Waals surface area (Å²) >= 11 is 1.76. The molecule has 2 aromatic rings. The van der Waals surface area contributed by atoms with E-state index in [-0.39, 0.29) is 11.9 Å². The molecule has 1 aromatic carbocycles. The van der Waals surface area contributed by atoms with Crippen LogP contribution in [0.5, 0.6) is 0 Å². The summed E-state index contributed by atoms with van der Waals surface area (Å²) in [7, 11) is 0. The van der Waals surface area contributed by atoms with Gasteiger partial charge < -0.3 is 5.32 Å². The first-order valence-electron chi connectivity index (χ1n) is 6.65. The number of benzene rings is 1. The second-order valence-electron chi connectivity index (χ2n) is 4.91. The number of carbonyl (C=O) groups is 1. The van der Waals surface area contributed by atoms with E-state index in [4.69, 9.17) is 5.26 Å². The van der Waals surface area contributed by atoms with Gasteiger partial charge in [0.1, 0.15) is 0 Å². The van der Waals surface area contributed by atoms with Crippen molar-refractivity contribution >= 4 is 17.2 Å². The molecular formula is C16H14N2OS. The van der Waals surface area contributed by atoms with Crippen LogP contribution in [0.15, 0.2) is 35.7 Å². The van der Waals surface area contributed by atoms with Crippen LogP contribution in [0.4, 0.5) is 0 Å². The van der Waals surface area contributed by atoms with Crippen LogP contribution in [0.3, 0.4) is 0 Å². The Labute approximate surface area is 121 Å². The van der Waals surface area contributed by atoms with E-state index in [1.54, 1.807) is 35.6 Å². The Morgan fingerprint density at radius 1 is 1.40 bits per heavy atom. The van der Waals surface area contributed by atoms with Crippen LogP contribution in [0.25, 0.3) is 0 Å². The summed E-state index contributed by atoms with van der Waals surface area (Å²) in [5.74, 6) is -0.105. The molecule has 3 nitrogen and oxygen atoms in total. The number of aryl methyl sites for hydroxylation is 1. The first-order valence-corrected chi connectivity index (χ1v) is 7.53. The summed E-state index contributed by atoms with van der Waals surface area (Å²) in [4.78, 5) is 13.7. The van der Waals surface area contributed by atoms with Crippen molar-refractivity contribution < 1.29 is 4.79 Å². The third-order valence-electron chi connectivity index (χ3n) is 3.61. The van der Waals surface area contributed by atoms with Gasteiger partial charge in [0, 0.05) is 10.4 Å². The third-order valence-corrected chi connectivity index (χ3v) is 4.61. The Hall–Kier alpha value is -2.12. The number of rotatable bonds is 2. The van der Waals surface area contributed by atoms with E-state index in [0.29, 0.717) is 11.1 Å². The molecule has 1 aliphatic rings. The molecule has 0 saturated carbocycles. The predicted molar refractivity (Wildman–Crippen MR) is 78.6 cm³/mol. The first-order chi connectivity index (χ1) is 9.78. The summed E-state index contributed by atoms with van der Waals surface area (Å²) in [6.07, 6.45) is 3.20. The summed E-state index contributed by atoms with van der Waals surface area (Å²) < 4.78 is 0. The van der Waals surface area contributed by atoms with E-state index in [2.05, 4.69) is 22.8 Å². The molecule has 1 N–H and O–H groups in total. The van der Waals surface area contributed by atoms with E-state index in [0.717, 1.165) is 19.3 Å². The van der Waals surface area contributed by atoms with E-state index < -0.39 is 0 Å². The highest BCUT2D eigenvalue weighted by Crippen LogP contribution is 2.33. The average Bonchev–Trinajstić information content (AvgIpc) is 2.97. The van der Waals surface area contributed by atoms with Gasteiger partial charge in [-0.25, -0.2) is 0 Å². The number of nitrogens with zero attached hydrogens (tertiary/aromatic N) is 1. The lowest BCUT2D eigenvalue weighted by Gasteiger charge is -2.23. The van der Waals surface area contributed by atoms with Crippen LogP contribution < -0.4 is 5.32 Å². The van der Waals surface area contributed by atoms with Gasteiger partial charge in [-0.15, -0.1) is 11.3 Å². The second-order valence-corrected chi connectivity index (χ2v) is 5.91. The number of nitrogens with one attached hydrogen (secondary N) is 1. The topological polar surface area (TPSA) is 52.9 Å². The lowest BCUT2D eigenvalue weighted by atomic mass is 9.94. The Bertz CT molecular complexity index is 684. The maximum absolute atomic E-state index is 12.3. The van der Waals surface area contributed by atoms with Gasteiger partial charge in [0.05, 0.1) is 17.7 Å². The SMILES string of the molecule is N#Cc1cccc(C(=O)NC2CCCc3sccc32)c1. The Kier molecular flexibility index (Phi) is 3.53. The maximum atomic E-state index is 12.3. The maximum Gasteiger partial charge on any atom is 0.251 e. The van der Waals surface area contributed by atoms with E-state index in [1.807, 2.05) is 0 Å². The third kappa shape index (κ3) is 2.45. The highest BCUT2D eigenvalue weighted by atomic mass is 32.1. The molecule has 0 aliphatic heterocycles. The minimum atomic E-state index is -0.105. The van der Waals surface area contributed by atoms with Crippen molar-refractivity contribution in [2.45, 2.75) is 25.3 Å². The van der Waals surface area contributed by atoms with E-state index in [9.17, 15) is 4.79 Å². The van der Waals surface area contributed by atoms with E-state index in [1.165, 1.54) is 10.4 Å². The van der Waals surface area contributed by atoms with Gasteiger partial charge in [-0.1, -0.05) is 6.07 Å². The number of hydrogen-bond donors (Lipinski definition) is 1. The second kappa shape index (κ2) is 5.48. The van der Waals surface area contributed by atoms with Gasteiger partial charge in [0.25, 0.3) is 5.91 Å². The molecule has 1 aliphatic carbocycles. The van der Waals surface area contributed by atoms with E-state index >= 15 is 0 Å². The molecule has 100 valence electrons. The highest BCUT2D eigenvalue weighted by molar-refractivity contribution is 7.10. The molecule has 20 heavy (non-hydrogen) atoms. The van der Waals surface area contributed by atoms with Crippen molar-refractivity contribution in [3.05, 3.63) is 57.3 Å². The van der Waals surface area contributed by atoms with Gasteiger partial charge in [-0.05, 0) is 54.5 Å². The van der Waals surface area contributed by atoms with Gasteiger partial charge in [0.2, 0.25) is 0 Å². The van der Waals surface area contributed by atoms with Crippen molar-refractivity contribution in [2.24, 2.45) is 0 Å². The smallest absolute Gasteiger partial charge is 0.251 e. The molecular weight excluding hydrogens is 268 g/mol. The zero-order valence-electron chi connectivity index (χ0n) is 10.9. The summed E-state index contributed by atoms with van der Waals surface area (Å²) in [5, 5.41) is 14.1. The Morgan fingerprint density at radius 3 is 3.15 bits per heavy atom. The highest BCUT2D eigenvalue weighted by Gasteiger charge is 2.23. The zero-order valence-corrected chi connectivity index (χ0v) is 11.7. The Balaban J connectivity index is 1.79. The Morgan fingerprint density at radius 2 is 2.30 bits per heavy atom. The van der Waals surface area contributed by atoms with Gasteiger partial charge in [0.15, 0.2) is 0 Å². The molecule has 0 saturated heterocycles. The number of hydrogen-bond acceptors (Lipinski definition) is 3. The van der Waals surface area contributed by atoms with Gasteiger partial charge >= 0.3 is 0 Å². The summed E-state index contributed by atoms with van der Waals surface area (Å²) in [6, 6.07) is 11.1. The largest absolute Gasteiger partial charge is 0.345 e. The van der Waals surface area contributed by atoms with Crippen molar-refractivity contribution in [1.29, 1.82) is 5.26 Å². The lowest BCUT2D eigenvalue weighted by molar-refractivity contribution is 0.0933. The number of thiophene rings is 1. The molecule has 0 fully saturated rings. The average molecular weight is 282 g/mol. The van der Waals surface area contributed by atoms with Crippen LogP contribution in [0.1, 0.15) is 45.2 Å². The van der Waals surface area contributed by atoms with Crippen molar-refractivity contribution in [1.82, 2.24) is 5.32 Å². The zero-order chi connectivity index (χ0) is 13.9. The van der Waals surface area contributed by atoms with Crippen molar-refractivity contribution in [3.8, 4) is 6.07 Å². The van der Waals surface area contributed by atoms with Crippen molar-refractivity contribution in [3.63, 3.8) is 0 Å². The number of carbonyl (C=O) groups excluding carboxylic acids is 1. The predicted octanol–water partition coefficient (Wildman–Crippen LogP) is 3.43. The molecule has 1 unspecified atom stereocenters. The molecule has 3 rings (SSSR count). The molecule has 4 heteroatoms. The van der Waals surface area contributed by atoms with Crippen LogP contribution in [-0.2, 0) is 6.42 Å². The molecule has 1 atom stereocenters. The quantitative estimate of drug-likeness (QED) is 0.917. The van der Waals surface area contributed by atoms with Crippen LogP contribution in [0, 0.1) is 11.3 Å². The van der Waals surface area contributed by atoms with Gasteiger partial charge in [-0.3, -0.25) is 4.79 Å². The van der Waals surface area contributed by atoms with Crippen LogP contribution >= 0.6 is 11.3 Å². The normalized spacial score (nSPS) is 17.1. The van der Waals surface area contributed by atoms with Crippen molar-refractivity contribution in [2.75, 3.05) is 0 Å². The number of amides is 1. The molecule has 1 aromatic heterocycles. The fourth-order valence-corrected chi connectivity index (χ4v) is 3.60. The van der Waals surface area contributed by atoms with Crippen LogP contribution in [-0.4, -0.2) is 5.91 Å². The first kappa shape index (κ1) is 12.9. The molecule has 0 spiro atoms. The minimum Gasteiger partial charge on any atom is -0.345 e. The molecule has 0 bridgehead atoms. The molecule has 1 heterocycles. The standard InChI is InChI=1S/C16H14N2OS/c17-10-11-3-1-4-12(9-11)16(19)18-14-5-2-6-15-13(14)7-8-20-15/h1,3-4,7-9,14H,2,5-6H2,(H,18,19).